The van der Waals surface area contributed by atoms with Crippen LogP contribution in [0.4, 0.5) is 11.4 Å². The monoisotopic (exact) mass is 309 g/mol. The number of pyridine rings is 1. The first-order chi connectivity index (χ1) is 9.54. The summed E-state index contributed by atoms with van der Waals surface area (Å²) in [6.45, 7) is 1.85. The largest absolute Gasteiger partial charge is 0.386 e. The zero-order valence-electron chi connectivity index (χ0n) is 11.0. The van der Waals surface area contributed by atoms with Crippen LogP contribution < -0.4 is 10.6 Å². The molecule has 2 N–H and O–H groups in total. The standard InChI is InChI=1S/C14H13Cl2N3O/c1-8-3-4-10(15)13(12(8)16)19-14(20)9-5-6-18-7-11(9)17-2/h3-7,17H,1-2H3,(H,19,20). The van der Waals surface area contributed by atoms with Crippen LogP contribution in [0, 0.1) is 6.92 Å². The smallest absolute Gasteiger partial charge is 0.257 e. The number of aromatic nitrogens is 1. The third-order valence-electron chi connectivity index (χ3n) is 2.86. The molecule has 0 saturated heterocycles. The number of amides is 1. The summed E-state index contributed by atoms with van der Waals surface area (Å²) in [5, 5.41) is 6.49. The maximum Gasteiger partial charge on any atom is 0.257 e. The highest BCUT2D eigenvalue weighted by molar-refractivity contribution is 6.40. The summed E-state index contributed by atoms with van der Waals surface area (Å²) in [6, 6.07) is 5.12. The van der Waals surface area contributed by atoms with E-state index < -0.39 is 0 Å². The zero-order chi connectivity index (χ0) is 14.7. The average Bonchev–Trinajstić information content (AvgIpc) is 2.47. The Hall–Kier alpha value is -1.78. The highest BCUT2D eigenvalue weighted by atomic mass is 35.5. The number of aryl methyl sites for hydroxylation is 1. The highest BCUT2D eigenvalue weighted by Crippen LogP contribution is 2.33. The van der Waals surface area contributed by atoms with E-state index in [0.717, 1.165) is 5.56 Å². The number of carbonyl (C=O) groups is 1. The van der Waals surface area contributed by atoms with Crippen LogP contribution >= 0.6 is 23.2 Å². The molecule has 20 heavy (non-hydrogen) atoms. The van der Waals surface area contributed by atoms with Gasteiger partial charge in [0.15, 0.2) is 0 Å². The third-order valence-corrected chi connectivity index (χ3v) is 3.66. The van der Waals surface area contributed by atoms with Gasteiger partial charge in [-0.3, -0.25) is 9.78 Å². The van der Waals surface area contributed by atoms with Crippen molar-refractivity contribution in [1.29, 1.82) is 0 Å². The molecule has 4 nitrogen and oxygen atoms in total. The van der Waals surface area contributed by atoms with Crippen LogP contribution in [0.15, 0.2) is 30.6 Å². The summed E-state index contributed by atoms with van der Waals surface area (Å²) in [5.74, 6) is -0.300. The number of halogens is 2. The van der Waals surface area contributed by atoms with Crippen molar-refractivity contribution >= 4 is 40.5 Å². The van der Waals surface area contributed by atoms with Crippen molar-refractivity contribution in [2.45, 2.75) is 6.92 Å². The Labute approximate surface area is 127 Å². The molecule has 0 aliphatic carbocycles. The van der Waals surface area contributed by atoms with E-state index in [2.05, 4.69) is 15.6 Å². The number of nitrogens with zero attached hydrogens (tertiary/aromatic N) is 1. The number of hydrogen-bond acceptors (Lipinski definition) is 3. The van der Waals surface area contributed by atoms with Crippen molar-refractivity contribution < 1.29 is 4.79 Å². The second-order valence-corrected chi connectivity index (χ2v) is 4.96. The topological polar surface area (TPSA) is 54.0 Å². The minimum atomic E-state index is -0.300. The van der Waals surface area contributed by atoms with Crippen LogP contribution in [-0.2, 0) is 0 Å². The number of hydrogen-bond donors (Lipinski definition) is 2. The molecule has 0 radical (unpaired) electrons. The van der Waals surface area contributed by atoms with Gasteiger partial charge in [-0.05, 0) is 24.6 Å². The number of benzene rings is 1. The van der Waals surface area contributed by atoms with Crippen LogP contribution in [0.5, 0.6) is 0 Å². The number of nitrogens with one attached hydrogen (secondary N) is 2. The second-order valence-electron chi connectivity index (χ2n) is 4.18. The van der Waals surface area contributed by atoms with E-state index in [1.165, 1.54) is 0 Å². The molecule has 0 aliphatic rings. The van der Waals surface area contributed by atoms with E-state index in [0.29, 0.717) is 27.0 Å². The molecule has 0 aliphatic heterocycles. The first kappa shape index (κ1) is 14.6. The molecule has 2 rings (SSSR count). The molecule has 2 aromatic rings. The SMILES string of the molecule is CNc1cnccc1C(=O)Nc1c(Cl)ccc(C)c1Cl. The lowest BCUT2D eigenvalue weighted by Gasteiger charge is -2.12. The van der Waals surface area contributed by atoms with Gasteiger partial charge in [0, 0.05) is 13.2 Å². The Kier molecular flexibility index (Phi) is 4.47. The van der Waals surface area contributed by atoms with E-state index >= 15 is 0 Å². The van der Waals surface area contributed by atoms with Crippen molar-refractivity contribution in [3.05, 3.63) is 51.8 Å². The molecule has 0 fully saturated rings. The second kappa shape index (κ2) is 6.11. The molecular weight excluding hydrogens is 297 g/mol. The van der Waals surface area contributed by atoms with E-state index in [1.807, 2.05) is 6.92 Å². The lowest BCUT2D eigenvalue weighted by atomic mass is 10.2. The van der Waals surface area contributed by atoms with Gasteiger partial charge < -0.3 is 10.6 Å². The first-order valence-electron chi connectivity index (χ1n) is 5.92. The Morgan fingerprint density at radius 1 is 1.25 bits per heavy atom. The van der Waals surface area contributed by atoms with Gasteiger partial charge in [-0.25, -0.2) is 0 Å². The summed E-state index contributed by atoms with van der Waals surface area (Å²) in [6.07, 6.45) is 3.13. The van der Waals surface area contributed by atoms with E-state index in [4.69, 9.17) is 23.2 Å². The van der Waals surface area contributed by atoms with Gasteiger partial charge in [0.2, 0.25) is 0 Å². The summed E-state index contributed by atoms with van der Waals surface area (Å²) in [5.41, 5.74) is 2.35. The average molecular weight is 310 g/mol. The van der Waals surface area contributed by atoms with Crippen LogP contribution in [-0.4, -0.2) is 17.9 Å². The first-order valence-corrected chi connectivity index (χ1v) is 6.68. The van der Waals surface area contributed by atoms with Gasteiger partial charge in [-0.15, -0.1) is 0 Å². The molecule has 6 heteroatoms. The van der Waals surface area contributed by atoms with E-state index in [1.54, 1.807) is 37.6 Å². The molecule has 1 aromatic heterocycles. The highest BCUT2D eigenvalue weighted by Gasteiger charge is 2.15. The normalized spacial score (nSPS) is 10.2. The minimum Gasteiger partial charge on any atom is -0.386 e. The van der Waals surface area contributed by atoms with Gasteiger partial charge in [0.25, 0.3) is 5.91 Å². The molecule has 104 valence electrons. The van der Waals surface area contributed by atoms with E-state index in [9.17, 15) is 4.79 Å². The van der Waals surface area contributed by atoms with Gasteiger partial charge in [0.1, 0.15) is 0 Å². The summed E-state index contributed by atoms with van der Waals surface area (Å²) >= 11 is 12.3. The fraction of sp³-hybridized carbons (Fsp3) is 0.143. The maximum absolute atomic E-state index is 12.3. The van der Waals surface area contributed by atoms with Gasteiger partial charge >= 0.3 is 0 Å². The lowest BCUT2D eigenvalue weighted by molar-refractivity contribution is 0.102. The predicted molar refractivity (Wildman–Crippen MR) is 82.9 cm³/mol. The number of carbonyl (C=O) groups excluding carboxylic acids is 1. The van der Waals surface area contributed by atoms with Gasteiger partial charge in [-0.2, -0.15) is 0 Å². The third kappa shape index (κ3) is 2.86. The Morgan fingerprint density at radius 3 is 2.70 bits per heavy atom. The van der Waals surface area contributed by atoms with Crippen LogP contribution in [0.2, 0.25) is 10.0 Å². The van der Waals surface area contributed by atoms with E-state index in [-0.39, 0.29) is 5.91 Å². The van der Waals surface area contributed by atoms with Crippen molar-refractivity contribution in [2.75, 3.05) is 17.7 Å². The molecule has 1 heterocycles. The molecule has 0 bridgehead atoms. The molecule has 0 saturated carbocycles. The molecule has 0 atom stereocenters. The lowest BCUT2D eigenvalue weighted by Crippen LogP contribution is -2.15. The fourth-order valence-electron chi connectivity index (χ4n) is 1.74. The van der Waals surface area contributed by atoms with Crippen molar-refractivity contribution in [1.82, 2.24) is 4.98 Å². The number of anilines is 2. The summed E-state index contributed by atoms with van der Waals surface area (Å²) < 4.78 is 0. The van der Waals surface area contributed by atoms with Crippen LogP contribution in [0.25, 0.3) is 0 Å². The maximum atomic E-state index is 12.3. The Bertz CT molecular complexity index is 659. The predicted octanol–water partition coefficient (Wildman–Crippen LogP) is 3.99. The van der Waals surface area contributed by atoms with Crippen LogP contribution in [0.1, 0.15) is 15.9 Å². The molecule has 0 spiro atoms. The van der Waals surface area contributed by atoms with Gasteiger partial charge in [0.05, 0.1) is 33.2 Å². The van der Waals surface area contributed by atoms with Crippen LogP contribution in [0.3, 0.4) is 0 Å². The van der Waals surface area contributed by atoms with Crippen molar-refractivity contribution in [3.63, 3.8) is 0 Å². The fourth-order valence-corrected chi connectivity index (χ4v) is 2.21. The molecule has 1 amide bonds. The molecular formula is C14H13Cl2N3O. The van der Waals surface area contributed by atoms with Crippen molar-refractivity contribution in [3.8, 4) is 0 Å². The molecule has 0 unspecified atom stereocenters. The number of rotatable bonds is 3. The van der Waals surface area contributed by atoms with Gasteiger partial charge in [-0.1, -0.05) is 29.3 Å². The molecule has 1 aromatic carbocycles. The summed E-state index contributed by atoms with van der Waals surface area (Å²) in [4.78, 5) is 16.3. The zero-order valence-corrected chi connectivity index (χ0v) is 12.5. The Morgan fingerprint density at radius 2 is 2.00 bits per heavy atom. The Balaban J connectivity index is 2.35. The summed E-state index contributed by atoms with van der Waals surface area (Å²) in [7, 11) is 1.72. The van der Waals surface area contributed by atoms with Crippen molar-refractivity contribution in [2.24, 2.45) is 0 Å². The quantitative estimate of drug-likeness (QED) is 0.901. The minimum absolute atomic E-state index is 0.300.